The number of benzene rings is 1. The summed E-state index contributed by atoms with van der Waals surface area (Å²) in [5.41, 5.74) is 1.20. The van der Waals surface area contributed by atoms with Crippen molar-refractivity contribution in [3.05, 3.63) is 28.3 Å². The van der Waals surface area contributed by atoms with Gasteiger partial charge in [-0.3, -0.25) is 4.18 Å². The molecule has 1 aromatic rings. The molecule has 0 aromatic heterocycles. The summed E-state index contributed by atoms with van der Waals surface area (Å²) in [6.07, 6.45) is -3.88. The van der Waals surface area contributed by atoms with E-state index in [0.717, 1.165) is 6.26 Å². The van der Waals surface area contributed by atoms with E-state index in [4.69, 9.17) is 15.8 Å². The van der Waals surface area contributed by atoms with Crippen molar-refractivity contribution in [3.63, 3.8) is 0 Å². The first-order valence-electron chi connectivity index (χ1n) is 6.78. The highest BCUT2D eigenvalue weighted by atomic mass is 35.5. The molecule has 130 valence electrons. The van der Waals surface area contributed by atoms with Crippen molar-refractivity contribution in [2.24, 2.45) is 0 Å². The van der Waals surface area contributed by atoms with E-state index in [1.807, 2.05) is 0 Å². The first-order valence-corrected chi connectivity index (χ1v) is 8.97. The predicted molar refractivity (Wildman–Crippen MR) is 81.2 cm³/mol. The van der Waals surface area contributed by atoms with Crippen molar-refractivity contribution in [1.29, 1.82) is 0 Å². The second-order valence-corrected chi connectivity index (χ2v) is 7.21. The molecule has 1 unspecified atom stereocenters. The fraction of sp³-hybridized carbons (Fsp3) is 0.538. The maximum Gasteiger partial charge on any atom is 0.405 e. The monoisotopic (exact) mass is 372 g/mol. The molecule has 1 aromatic carbocycles. The van der Waals surface area contributed by atoms with E-state index in [-0.39, 0.29) is 17.3 Å². The molecule has 0 aliphatic carbocycles. The van der Waals surface area contributed by atoms with Crippen LogP contribution in [-0.2, 0) is 20.7 Å². The first kappa shape index (κ1) is 18.3. The fourth-order valence-electron chi connectivity index (χ4n) is 2.44. The first-order chi connectivity index (χ1) is 10.6. The van der Waals surface area contributed by atoms with Gasteiger partial charge in [-0.1, -0.05) is 17.7 Å². The summed E-state index contributed by atoms with van der Waals surface area (Å²) in [7, 11) is -3.71. The van der Waals surface area contributed by atoms with Crippen LogP contribution in [-0.4, -0.2) is 40.5 Å². The van der Waals surface area contributed by atoms with Crippen LogP contribution in [0.15, 0.2) is 12.1 Å². The van der Waals surface area contributed by atoms with Crippen molar-refractivity contribution in [1.82, 2.24) is 5.32 Å². The van der Waals surface area contributed by atoms with Crippen molar-refractivity contribution in [3.8, 4) is 0 Å². The number of alkyl halides is 3. The van der Waals surface area contributed by atoms with Crippen LogP contribution in [0.25, 0.3) is 0 Å². The molecule has 23 heavy (non-hydrogen) atoms. The third-order valence-corrected chi connectivity index (χ3v) is 4.18. The van der Waals surface area contributed by atoms with Crippen LogP contribution in [0.5, 0.6) is 0 Å². The number of fused-ring (bicyclic) bond motifs is 1. The Balaban J connectivity index is 2.40. The molecule has 1 heterocycles. The molecule has 10 heteroatoms. The summed E-state index contributed by atoms with van der Waals surface area (Å²) < 4.78 is 65.2. The molecule has 1 atom stereocenters. The van der Waals surface area contributed by atoms with Gasteiger partial charge in [0.25, 0.3) is 10.1 Å². The molecular formula is C13H16ClF3N2O3S. The van der Waals surface area contributed by atoms with Crippen LogP contribution in [0.3, 0.4) is 0 Å². The molecule has 5 nitrogen and oxygen atoms in total. The lowest BCUT2D eigenvalue weighted by molar-refractivity contribution is -0.115. The molecule has 0 amide bonds. The van der Waals surface area contributed by atoms with Gasteiger partial charge >= 0.3 is 6.18 Å². The zero-order chi connectivity index (χ0) is 17.3. The zero-order valence-corrected chi connectivity index (χ0v) is 13.8. The summed E-state index contributed by atoms with van der Waals surface area (Å²) in [6.45, 7) is -0.522. The Bertz CT molecular complexity index is 680. The highest BCUT2D eigenvalue weighted by Crippen LogP contribution is 2.35. The van der Waals surface area contributed by atoms with Crippen LogP contribution in [0, 0.1) is 0 Å². The van der Waals surface area contributed by atoms with Gasteiger partial charge in [-0.25, -0.2) is 0 Å². The van der Waals surface area contributed by atoms with Gasteiger partial charge in [0.2, 0.25) is 0 Å². The highest BCUT2D eigenvalue weighted by Gasteiger charge is 2.29. The van der Waals surface area contributed by atoms with Crippen molar-refractivity contribution in [2.75, 3.05) is 31.2 Å². The van der Waals surface area contributed by atoms with Gasteiger partial charge in [0.15, 0.2) is 0 Å². The van der Waals surface area contributed by atoms with Gasteiger partial charge < -0.3 is 10.6 Å². The number of hydrogen-bond donors (Lipinski definition) is 2. The predicted octanol–water partition coefficient (Wildman–Crippen LogP) is 2.48. The summed E-state index contributed by atoms with van der Waals surface area (Å²) in [4.78, 5) is 0. The molecular weight excluding hydrogens is 357 g/mol. The largest absolute Gasteiger partial charge is 0.405 e. The van der Waals surface area contributed by atoms with E-state index in [1.54, 1.807) is 6.07 Å². The Morgan fingerprint density at radius 1 is 1.43 bits per heavy atom. The van der Waals surface area contributed by atoms with Crippen LogP contribution in [0.4, 0.5) is 18.9 Å². The van der Waals surface area contributed by atoms with Gasteiger partial charge in [-0.05, 0) is 30.2 Å². The summed E-state index contributed by atoms with van der Waals surface area (Å²) in [6, 6.07) is 3.02. The highest BCUT2D eigenvalue weighted by molar-refractivity contribution is 7.86. The minimum Gasteiger partial charge on any atom is -0.375 e. The summed E-state index contributed by atoms with van der Waals surface area (Å²) in [5, 5.41) is 5.45. The number of rotatable bonds is 4. The molecule has 2 rings (SSSR count). The fourth-order valence-corrected chi connectivity index (χ4v) is 3.28. The van der Waals surface area contributed by atoms with Crippen molar-refractivity contribution < 1.29 is 25.8 Å². The zero-order valence-electron chi connectivity index (χ0n) is 12.2. The standard InChI is InChI=1S/C13H16ClF3N2O3S/c1-23(20,21)22-11-6-18-5-4-9-8(11)2-3-10(14)12(9)19-7-13(15,16)17/h2-3,11,18-19H,4-7H2,1H3. The Hall–Kier alpha value is -1.03. The second kappa shape index (κ2) is 6.84. The van der Waals surface area contributed by atoms with Crippen molar-refractivity contribution in [2.45, 2.75) is 18.7 Å². The van der Waals surface area contributed by atoms with Gasteiger partial charge in [-0.15, -0.1) is 0 Å². The van der Waals surface area contributed by atoms with Gasteiger partial charge in [0.1, 0.15) is 12.6 Å². The number of hydrogen-bond acceptors (Lipinski definition) is 5. The minimum atomic E-state index is -4.39. The molecule has 0 spiro atoms. The second-order valence-electron chi connectivity index (χ2n) is 5.20. The SMILES string of the molecule is CS(=O)(=O)OC1CNCCc2c1ccc(Cl)c2NCC(F)(F)F. The maximum absolute atomic E-state index is 12.5. The molecule has 0 fully saturated rings. The number of halogens is 4. The Kier molecular flexibility index (Phi) is 5.44. The van der Waals surface area contributed by atoms with E-state index >= 15 is 0 Å². The van der Waals surface area contributed by atoms with Gasteiger partial charge in [0, 0.05) is 6.54 Å². The number of nitrogens with one attached hydrogen (secondary N) is 2. The molecule has 0 bridgehead atoms. The average Bonchev–Trinajstić information content (AvgIpc) is 2.57. The lowest BCUT2D eigenvalue weighted by Crippen LogP contribution is -2.23. The lowest BCUT2D eigenvalue weighted by atomic mass is 9.99. The van der Waals surface area contributed by atoms with E-state index in [2.05, 4.69) is 10.6 Å². The Morgan fingerprint density at radius 3 is 2.74 bits per heavy atom. The molecule has 0 saturated heterocycles. The molecule has 0 radical (unpaired) electrons. The quantitative estimate of drug-likeness (QED) is 0.795. The van der Waals surface area contributed by atoms with Crippen molar-refractivity contribution >= 4 is 27.4 Å². The molecule has 1 aliphatic rings. The molecule has 1 aliphatic heterocycles. The Morgan fingerprint density at radius 2 is 2.13 bits per heavy atom. The van der Waals surface area contributed by atoms with Crippen LogP contribution in [0.1, 0.15) is 17.2 Å². The normalized spacial score (nSPS) is 19.1. The smallest absolute Gasteiger partial charge is 0.375 e. The molecule has 0 saturated carbocycles. The Labute approximate surface area is 137 Å². The van der Waals surface area contributed by atoms with E-state index in [9.17, 15) is 21.6 Å². The van der Waals surface area contributed by atoms with Gasteiger partial charge in [-0.2, -0.15) is 21.6 Å². The number of anilines is 1. The average molecular weight is 373 g/mol. The van der Waals surface area contributed by atoms with E-state index in [0.29, 0.717) is 24.1 Å². The molecule has 2 N–H and O–H groups in total. The van der Waals surface area contributed by atoms with Crippen LogP contribution >= 0.6 is 11.6 Å². The summed E-state index contributed by atoms with van der Waals surface area (Å²) in [5.74, 6) is 0. The minimum absolute atomic E-state index is 0.146. The lowest BCUT2D eigenvalue weighted by Gasteiger charge is -2.21. The topological polar surface area (TPSA) is 67.4 Å². The third kappa shape index (κ3) is 5.23. The maximum atomic E-state index is 12.5. The van der Waals surface area contributed by atoms with Crippen LogP contribution < -0.4 is 10.6 Å². The van der Waals surface area contributed by atoms with E-state index in [1.165, 1.54) is 6.07 Å². The van der Waals surface area contributed by atoms with E-state index < -0.39 is 28.9 Å². The van der Waals surface area contributed by atoms with Crippen LogP contribution in [0.2, 0.25) is 5.02 Å². The third-order valence-electron chi connectivity index (χ3n) is 3.28. The summed E-state index contributed by atoms with van der Waals surface area (Å²) >= 11 is 6.01. The van der Waals surface area contributed by atoms with Gasteiger partial charge in [0.05, 0.1) is 17.0 Å².